The molecular formula is C22H32N6O3. The molecule has 168 valence electrons. The third-order valence-electron chi connectivity index (χ3n) is 6.07. The number of nitrogens with one attached hydrogen (secondary N) is 1. The Morgan fingerprint density at radius 1 is 1.10 bits per heavy atom. The number of carbonyl (C=O) groups is 2. The largest absolute Gasteiger partial charge is 0.395 e. The number of para-hydroxylation sites is 2. The van der Waals surface area contributed by atoms with E-state index in [2.05, 4.69) is 33.6 Å². The molecule has 0 bridgehead atoms. The van der Waals surface area contributed by atoms with Crippen molar-refractivity contribution in [3.8, 4) is 0 Å². The number of fused-ring (bicyclic) bond motifs is 3. The first-order chi connectivity index (χ1) is 15.0. The van der Waals surface area contributed by atoms with Crippen molar-refractivity contribution in [2.75, 3.05) is 50.8 Å². The minimum absolute atomic E-state index is 0.0293. The van der Waals surface area contributed by atoms with E-state index in [-0.39, 0.29) is 24.5 Å². The van der Waals surface area contributed by atoms with E-state index in [1.165, 1.54) is 0 Å². The maximum absolute atomic E-state index is 13.2. The SMILES string of the molecule is CC(C)C[C@H](NC(=O)N1CCn2c1nc1ccccc12)C(=O)N1CCN(CCO)CC1. The first-order valence-electron chi connectivity index (χ1n) is 11.1. The molecule has 31 heavy (non-hydrogen) atoms. The highest BCUT2D eigenvalue weighted by Crippen LogP contribution is 2.27. The molecule has 1 aromatic heterocycles. The van der Waals surface area contributed by atoms with Gasteiger partial charge in [0.15, 0.2) is 0 Å². The monoisotopic (exact) mass is 428 g/mol. The Bertz CT molecular complexity index is 934. The summed E-state index contributed by atoms with van der Waals surface area (Å²) in [4.78, 5) is 36.6. The molecule has 3 heterocycles. The number of rotatable bonds is 6. The number of aliphatic hydroxyl groups excluding tert-OH is 1. The fourth-order valence-electron chi connectivity index (χ4n) is 4.46. The molecule has 0 saturated carbocycles. The molecule has 1 atom stereocenters. The number of aromatic nitrogens is 2. The van der Waals surface area contributed by atoms with E-state index < -0.39 is 6.04 Å². The van der Waals surface area contributed by atoms with Gasteiger partial charge in [-0.25, -0.2) is 9.78 Å². The van der Waals surface area contributed by atoms with Crippen molar-refractivity contribution in [2.45, 2.75) is 32.9 Å². The van der Waals surface area contributed by atoms with Crippen LogP contribution in [0.2, 0.25) is 0 Å². The molecule has 3 amide bonds. The van der Waals surface area contributed by atoms with Gasteiger partial charge in [-0.3, -0.25) is 14.6 Å². The molecule has 0 unspecified atom stereocenters. The predicted molar refractivity (Wildman–Crippen MR) is 119 cm³/mol. The molecule has 2 aliphatic heterocycles. The number of piperazine rings is 1. The number of hydrogen-bond acceptors (Lipinski definition) is 5. The van der Waals surface area contributed by atoms with Gasteiger partial charge in [0.1, 0.15) is 6.04 Å². The Labute approximate surface area is 182 Å². The van der Waals surface area contributed by atoms with Gasteiger partial charge in [0.05, 0.1) is 17.6 Å². The van der Waals surface area contributed by atoms with Crippen LogP contribution in [0.5, 0.6) is 0 Å². The summed E-state index contributed by atoms with van der Waals surface area (Å²) in [6.07, 6.45) is 0.589. The molecule has 1 fully saturated rings. The second-order valence-electron chi connectivity index (χ2n) is 8.73. The molecule has 1 saturated heterocycles. The Balaban J connectivity index is 1.45. The lowest BCUT2D eigenvalue weighted by molar-refractivity contribution is -0.135. The van der Waals surface area contributed by atoms with Crippen molar-refractivity contribution in [3.05, 3.63) is 24.3 Å². The van der Waals surface area contributed by atoms with Crippen molar-refractivity contribution in [1.29, 1.82) is 0 Å². The van der Waals surface area contributed by atoms with Gasteiger partial charge in [0.2, 0.25) is 11.9 Å². The van der Waals surface area contributed by atoms with Gasteiger partial charge in [-0.15, -0.1) is 0 Å². The van der Waals surface area contributed by atoms with Gasteiger partial charge in [0, 0.05) is 45.8 Å². The molecule has 9 nitrogen and oxygen atoms in total. The number of imidazole rings is 1. The molecule has 2 aliphatic rings. The number of aliphatic hydroxyl groups is 1. The molecule has 0 spiro atoms. The number of β-amino-alcohol motifs (C(OH)–C–C–N with tert-alkyl or cyclic N) is 1. The van der Waals surface area contributed by atoms with E-state index in [0.717, 1.165) is 24.1 Å². The third-order valence-corrected chi connectivity index (χ3v) is 6.07. The fourth-order valence-corrected chi connectivity index (χ4v) is 4.46. The summed E-state index contributed by atoms with van der Waals surface area (Å²) in [6, 6.07) is 7.03. The topological polar surface area (TPSA) is 93.9 Å². The zero-order chi connectivity index (χ0) is 22.0. The summed E-state index contributed by atoms with van der Waals surface area (Å²) in [5.74, 6) is 0.874. The highest BCUT2D eigenvalue weighted by molar-refractivity contribution is 5.96. The van der Waals surface area contributed by atoms with Crippen LogP contribution in [0.3, 0.4) is 0 Å². The number of hydrogen-bond donors (Lipinski definition) is 2. The lowest BCUT2D eigenvalue weighted by Gasteiger charge is -2.36. The van der Waals surface area contributed by atoms with Crippen LogP contribution < -0.4 is 10.2 Å². The normalized spacial score (nSPS) is 17.9. The summed E-state index contributed by atoms with van der Waals surface area (Å²) in [7, 11) is 0. The van der Waals surface area contributed by atoms with Crippen molar-refractivity contribution in [3.63, 3.8) is 0 Å². The van der Waals surface area contributed by atoms with Gasteiger partial charge in [0.25, 0.3) is 0 Å². The lowest BCUT2D eigenvalue weighted by Crippen LogP contribution is -2.57. The highest BCUT2D eigenvalue weighted by atomic mass is 16.3. The van der Waals surface area contributed by atoms with E-state index in [1.807, 2.05) is 29.2 Å². The van der Waals surface area contributed by atoms with Crippen LogP contribution in [-0.4, -0.2) is 88.3 Å². The molecular weight excluding hydrogens is 396 g/mol. The fraction of sp³-hybridized carbons (Fsp3) is 0.591. The Hall–Kier alpha value is -2.65. The second kappa shape index (κ2) is 9.23. The van der Waals surface area contributed by atoms with Gasteiger partial charge >= 0.3 is 6.03 Å². The number of amides is 3. The van der Waals surface area contributed by atoms with E-state index in [4.69, 9.17) is 5.11 Å². The third kappa shape index (κ3) is 4.52. The molecule has 2 aromatic rings. The van der Waals surface area contributed by atoms with Gasteiger partial charge in [-0.2, -0.15) is 0 Å². The van der Waals surface area contributed by atoms with Crippen LogP contribution in [0.15, 0.2) is 24.3 Å². The van der Waals surface area contributed by atoms with Crippen molar-refractivity contribution >= 4 is 28.9 Å². The van der Waals surface area contributed by atoms with Crippen molar-refractivity contribution in [1.82, 2.24) is 24.7 Å². The van der Waals surface area contributed by atoms with Crippen LogP contribution in [-0.2, 0) is 11.3 Å². The van der Waals surface area contributed by atoms with Crippen LogP contribution >= 0.6 is 0 Å². The molecule has 0 aliphatic carbocycles. The average Bonchev–Trinajstić information content (AvgIpc) is 3.32. The lowest BCUT2D eigenvalue weighted by atomic mass is 10.0. The van der Waals surface area contributed by atoms with Crippen LogP contribution in [0, 0.1) is 5.92 Å². The molecule has 0 radical (unpaired) electrons. The van der Waals surface area contributed by atoms with E-state index in [0.29, 0.717) is 45.1 Å². The van der Waals surface area contributed by atoms with Crippen molar-refractivity contribution in [2.24, 2.45) is 5.92 Å². The maximum Gasteiger partial charge on any atom is 0.324 e. The zero-order valence-electron chi connectivity index (χ0n) is 18.3. The van der Waals surface area contributed by atoms with Crippen LogP contribution in [0.1, 0.15) is 20.3 Å². The quantitative estimate of drug-likeness (QED) is 0.719. The summed E-state index contributed by atoms with van der Waals surface area (Å²) < 4.78 is 2.05. The van der Waals surface area contributed by atoms with Crippen molar-refractivity contribution < 1.29 is 14.7 Å². The van der Waals surface area contributed by atoms with E-state index >= 15 is 0 Å². The minimum Gasteiger partial charge on any atom is -0.395 e. The van der Waals surface area contributed by atoms with E-state index in [9.17, 15) is 9.59 Å². The minimum atomic E-state index is -0.560. The maximum atomic E-state index is 13.2. The Morgan fingerprint density at radius 2 is 1.84 bits per heavy atom. The standard InChI is InChI=1S/C22H32N6O3/c1-16(2)15-18(20(30)26-9-7-25(8-10-26)13-14-29)24-22(31)28-12-11-27-19-6-4-3-5-17(19)23-21(27)28/h3-6,16,18,29H,7-15H2,1-2H3,(H,24,31)/t18-/m0/s1. The van der Waals surface area contributed by atoms with Gasteiger partial charge in [-0.05, 0) is 24.5 Å². The van der Waals surface area contributed by atoms with Crippen LogP contribution in [0.4, 0.5) is 10.7 Å². The predicted octanol–water partition coefficient (Wildman–Crippen LogP) is 1.12. The number of carbonyl (C=O) groups excluding carboxylic acids is 2. The Kier molecular flexibility index (Phi) is 6.43. The summed E-state index contributed by atoms with van der Waals surface area (Å²) >= 11 is 0. The first kappa shape index (κ1) is 21.6. The summed E-state index contributed by atoms with van der Waals surface area (Å²) in [5.41, 5.74) is 1.88. The van der Waals surface area contributed by atoms with Crippen LogP contribution in [0.25, 0.3) is 11.0 Å². The number of urea groups is 1. The number of nitrogens with zero attached hydrogens (tertiary/aromatic N) is 5. The summed E-state index contributed by atoms with van der Waals surface area (Å²) in [6.45, 7) is 8.81. The Morgan fingerprint density at radius 3 is 2.55 bits per heavy atom. The first-order valence-corrected chi connectivity index (χ1v) is 11.1. The summed E-state index contributed by atoms with van der Waals surface area (Å²) in [5, 5.41) is 12.1. The highest BCUT2D eigenvalue weighted by Gasteiger charge is 2.33. The number of anilines is 1. The molecule has 2 N–H and O–H groups in total. The molecule has 1 aromatic carbocycles. The smallest absolute Gasteiger partial charge is 0.324 e. The van der Waals surface area contributed by atoms with Gasteiger partial charge in [-0.1, -0.05) is 26.0 Å². The number of benzene rings is 1. The zero-order valence-corrected chi connectivity index (χ0v) is 18.3. The average molecular weight is 429 g/mol. The second-order valence-corrected chi connectivity index (χ2v) is 8.73. The molecule has 9 heteroatoms. The molecule has 4 rings (SSSR count). The van der Waals surface area contributed by atoms with E-state index in [1.54, 1.807) is 4.90 Å². The van der Waals surface area contributed by atoms with Gasteiger partial charge < -0.3 is 19.9 Å².